The van der Waals surface area contributed by atoms with Crippen LogP contribution in [-0.4, -0.2) is 5.11 Å². The van der Waals surface area contributed by atoms with Gasteiger partial charge in [-0.2, -0.15) is 0 Å². The summed E-state index contributed by atoms with van der Waals surface area (Å²) in [5, 5.41) is 10.7. The van der Waals surface area contributed by atoms with Crippen LogP contribution in [0.5, 0.6) is 0 Å². The molecule has 0 aliphatic heterocycles. The Morgan fingerprint density at radius 3 is 2.65 bits per heavy atom. The first-order chi connectivity index (χ1) is 9.65. The van der Waals surface area contributed by atoms with Crippen LogP contribution in [0.1, 0.15) is 62.2 Å². The molecule has 2 saturated carbocycles. The predicted molar refractivity (Wildman–Crippen MR) is 78.9 cm³/mol. The van der Waals surface area contributed by atoms with Crippen molar-refractivity contribution in [3.63, 3.8) is 0 Å². The van der Waals surface area contributed by atoms with Crippen LogP contribution in [0, 0.1) is 30.5 Å². The van der Waals surface area contributed by atoms with Gasteiger partial charge in [0.05, 0.1) is 6.10 Å². The number of hydrogen-bond donors (Lipinski definition) is 1. The zero-order chi connectivity index (χ0) is 14.1. The van der Waals surface area contributed by atoms with E-state index in [-0.39, 0.29) is 5.82 Å². The highest BCUT2D eigenvalue weighted by atomic mass is 19.1. The van der Waals surface area contributed by atoms with Gasteiger partial charge in [0, 0.05) is 0 Å². The van der Waals surface area contributed by atoms with Crippen molar-refractivity contribution in [3.8, 4) is 0 Å². The first-order valence-corrected chi connectivity index (χ1v) is 8.09. The van der Waals surface area contributed by atoms with Gasteiger partial charge in [0.2, 0.25) is 0 Å². The molecule has 4 atom stereocenters. The number of hydrogen-bond acceptors (Lipinski definition) is 1. The van der Waals surface area contributed by atoms with Crippen LogP contribution >= 0.6 is 0 Å². The molecule has 4 unspecified atom stereocenters. The summed E-state index contributed by atoms with van der Waals surface area (Å²) in [6.45, 7) is 1.96. The average molecular weight is 276 g/mol. The molecule has 0 bridgehead atoms. The minimum absolute atomic E-state index is 0.240. The molecule has 2 aliphatic carbocycles. The highest BCUT2D eigenvalue weighted by Crippen LogP contribution is 2.46. The fourth-order valence-corrected chi connectivity index (χ4v) is 4.38. The summed E-state index contributed by atoms with van der Waals surface area (Å²) in [5.74, 6) is 1.76. The van der Waals surface area contributed by atoms with E-state index in [1.165, 1.54) is 44.2 Å². The van der Waals surface area contributed by atoms with E-state index >= 15 is 0 Å². The number of rotatable bonds is 2. The fourth-order valence-electron chi connectivity index (χ4n) is 4.38. The van der Waals surface area contributed by atoms with Crippen molar-refractivity contribution in [2.75, 3.05) is 0 Å². The third-order valence-corrected chi connectivity index (χ3v) is 5.59. The number of aliphatic hydroxyl groups is 1. The lowest BCUT2D eigenvalue weighted by molar-refractivity contribution is 0.0344. The highest BCUT2D eigenvalue weighted by molar-refractivity contribution is 5.29. The van der Waals surface area contributed by atoms with Gasteiger partial charge in [0.1, 0.15) is 5.82 Å². The monoisotopic (exact) mass is 276 g/mol. The van der Waals surface area contributed by atoms with E-state index in [9.17, 15) is 9.50 Å². The molecule has 2 aliphatic rings. The van der Waals surface area contributed by atoms with Crippen molar-refractivity contribution in [2.24, 2.45) is 17.8 Å². The number of aryl methyl sites for hydroxylation is 1. The molecule has 0 saturated heterocycles. The molecule has 1 N–H and O–H groups in total. The maximum atomic E-state index is 13.4. The second-order valence-electron chi connectivity index (χ2n) is 6.82. The Bertz CT molecular complexity index is 470. The second-order valence-corrected chi connectivity index (χ2v) is 6.82. The molecule has 0 spiro atoms. The summed E-state index contributed by atoms with van der Waals surface area (Å²) in [4.78, 5) is 0. The van der Waals surface area contributed by atoms with E-state index < -0.39 is 6.10 Å². The largest absolute Gasteiger partial charge is 0.388 e. The van der Waals surface area contributed by atoms with Gasteiger partial charge in [-0.15, -0.1) is 0 Å². The van der Waals surface area contributed by atoms with Crippen LogP contribution < -0.4 is 0 Å². The van der Waals surface area contributed by atoms with Gasteiger partial charge >= 0.3 is 0 Å². The van der Waals surface area contributed by atoms with Gasteiger partial charge in [-0.25, -0.2) is 4.39 Å². The Morgan fingerprint density at radius 1 is 1.10 bits per heavy atom. The van der Waals surface area contributed by atoms with Crippen LogP contribution in [0.2, 0.25) is 0 Å². The lowest BCUT2D eigenvalue weighted by Gasteiger charge is -2.41. The molecule has 1 aromatic rings. The summed E-state index contributed by atoms with van der Waals surface area (Å²) >= 11 is 0. The SMILES string of the molecule is Cc1ccc(F)cc1C(O)C1CCC2CCCCC2C1. The molecule has 2 heteroatoms. The summed E-state index contributed by atoms with van der Waals surface area (Å²) in [5.41, 5.74) is 1.80. The Hall–Kier alpha value is -0.890. The molecule has 1 nitrogen and oxygen atoms in total. The van der Waals surface area contributed by atoms with Crippen LogP contribution in [0.25, 0.3) is 0 Å². The molecule has 3 rings (SSSR count). The molecular weight excluding hydrogens is 251 g/mol. The molecule has 2 fully saturated rings. The van der Waals surface area contributed by atoms with Gasteiger partial charge in [-0.3, -0.25) is 0 Å². The third-order valence-electron chi connectivity index (χ3n) is 5.59. The molecule has 0 heterocycles. The Balaban J connectivity index is 1.74. The van der Waals surface area contributed by atoms with E-state index in [1.807, 2.05) is 6.92 Å². The zero-order valence-corrected chi connectivity index (χ0v) is 12.3. The number of halogens is 1. The van der Waals surface area contributed by atoms with Crippen molar-refractivity contribution in [2.45, 2.75) is 58.0 Å². The van der Waals surface area contributed by atoms with Crippen molar-refractivity contribution in [1.29, 1.82) is 0 Å². The van der Waals surface area contributed by atoms with Crippen LogP contribution in [0.3, 0.4) is 0 Å². The third kappa shape index (κ3) is 2.76. The average Bonchev–Trinajstić information content (AvgIpc) is 2.48. The molecule has 0 radical (unpaired) electrons. The molecule has 1 aromatic carbocycles. The lowest BCUT2D eigenvalue weighted by Crippen LogP contribution is -2.30. The fraction of sp³-hybridized carbons (Fsp3) is 0.667. The van der Waals surface area contributed by atoms with Crippen molar-refractivity contribution in [1.82, 2.24) is 0 Å². The van der Waals surface area contributed by atoms with E-state index in [1.54, 1.807) is 6.07 Å². The lowest BCUT2D eigenvalue weighted by atomic mass is 9.66. The van der Waals surface area contributed by atoms with E-state index in [2.05, 4.69) is 0 Å². The normalized spacial score (nSPS) is 31.6. The van der Waals surface area contributed by atoms with E-state index in [0.29, 0.717) is 5.92 Å². The Labute approximate surface area is 121 Å². The van der Waals surface area contributed by atoms with Gasteiger partial charge in [-0.05, 0) is 67.2 Å². The van der Waals surface area contributed by atoms with Gasteiger partial charge < -0.3 is 5.11 Å². The smallest absolute Gasteiger partial charge is 0.123 e. The van der Waals surface area contributed by atoms with Crippen LogP contribution in [0.15, 0.2) is 18.2 Å². The van der Waals surface area contributed by atoms with Crippen molar-refractivity contribution >= 4 is 0 Å². The Kier molecular flexibility index (Phi) is 4.11. The van der Waals surface area contributed by atoms with Gasteiger partial charge in [0.25, 0.3) is 0 Å². The first kappa shape index (κ1) is 14.1. The molecule has 0 aromatic heterocycles. The minimum atomic E-state index is -0.492. The summed E-state index contributed by atoms with van der Waals surface area (Å²) < 4.78 is 13.4. The van der Waals surface area contributed by atoms with E-state index in [0.717, 1.165) is 35.8 Å². The zero-order valence-electron chi connectivity index (χ0n) is 12.3. The van der Waals surface area contributed by atoms with Crippen molar-refractivity contribution < 1.29 is 9.50 Å². The quantitative estimate of drug-likeness (QED) is 0.824. The topological polar surface area (TPSA) is 20.2 Å². The molecular formula is C18H25FO. The number of aliphatic hydroxyl groups excluding tert-OH is 1. The van der Waals surface area contributed by atoms with E-state index in [4.69, 9.17) is 0 Å². The minimum Gasteiger partial charge on any atom is -0.388 e. The van der Waals surface area contributed by atoms with Crippen LogP contribution in [-0.2, 0) is 0 Å². The standard InChI is InChI=1S/C18H25FO/c1-12-6-9-16(19)11-17(12)18(20)15-8-7-13-4-2-3-5-14(13)10-15/h6,9,11,13-15,18,20H,2-5,7-8,10H2,1H3. The second kappa shape index (κ2) is 5.85. The Morgan fingerprint density at radius 2 is 1.85 bits per heavy atom. The summed E-state index contributed by atoms with van der Waals surface area (Å²) in [6.07, 6.45) is 8.43. The predicted octanol–water partition coefficient (Wildman–Crippen LogP) is 4.77. The summed E-state index contributed by atoms with van der Waals surface area (Å²) in [6, 6.07) is 4.77. The molecule has 0 amide bonds. The number of benzene rings is 1. The van der Waals surface area contributed by atoms with Crippen LogP contribution in [0.4, 0.5) is 4.39 Å². The maximum Gasteiger partial charge on any atom is 0.123 e. The van der Waals surface area contributed by atoms with Crippen molar-refractivity contribution in [3.05, 3.63) is 35.1 Å². The molecule has 110 valence electrons. The van der Waals surface area contributed by atoms with Gasteiger partial charge in [0.15, 0.2) is 0 Å². The number of fused-ring (bicyclic) bond motifs is 1. The molecule has 20 heavy (non-hydrogen) atoms. The maximum absolute atomic E-state index is 13.4. The highest BCUT2D eigenvalue weighted by Gasteiger charge is 2.35. The summed E-state index contributed by atoms with van der Waals surface area (Å²) in [7, 11) is 0. The first-order valence-electron chi connectivity index (χ1n) is 8.09. The van der Waals surface area contributed by atoms with Gasteiger partial charge in [-0.1, -0.05) is 31.7 Å².